The molecule has 6 nitrogen and oxygen atoms in total. The molecule has 294 valence electrons. The molecule has 0 bridgehead atoms. The number of anilines is 3. The maximum absolute atomic E-state index is 6.35. The van der Waals surface area contributed by atoms with Crippen molar-refractivity contribution < 1.29 is 14.2 Å². The zero-order valence-electron chi connectivity index (χ0n) is 34.0. The Bertz CT molecular complexity index is 2490. The van der Waals surface area contributed by atoms with Crippen molar-refractivity contribution in [3.05, 3.63) is 214 Å². The monoisotopic (exact) mass is 775 g/mol. The van der Waals surface area contributed by atoms with Gasteiger partial charge < -0.3 is 28.9 Å². The number of benzene rings is 7. The molecule has 0 unspecified atom stereocenters. The summed E-state index contributed by atoms with van der Waals surface area (Å²) >= 11 is 0. The molecule has 0 aliphatic carbocycles. The van der Waals surface area contributed by atoms with Crippen LogP contribution in [0.25, 0.3) is 0 Å². The maximum Gasteiger partial charge on any atom is 0.161 e. The second-order valence-electron chi connectivity index (χ2n) is 16.7. The molecule has 0 radical (unpaired) electrons. The Hall–Kier alpha value is -6.66. The molecule has 7 aromatic rings. The van der Waals surface area contributed by atoms with E-state index in [1.165, 1.54) is 50.2 Å². The van der Waals surface area contributed by atoms with Crippen LogP contribution in [0.3, 0.4) is 0 Å². The Morgan fingerprint density at radius 3 is 1.07 bits per heavy atom. The largest absolute Gasteiger partial charge is 0.473 e. The van der Waals surface area contributed by atoms with Gasteiger partial charge in [-0.2, -0.15) is 0 Å². The first-order valence-corrected chi connectivity index (χ1v) is 20.6. The minimum absolute atomic E-state index is 0.243. The van der Waals surface area contributed by atoms with E-state index in [-0.39, 0.29) is 5.41 Å². The van der Waals surface area contributed by atoms with Crippen LogP contribution >= 0.6 is 0 Å². The number of hydrogen-bond acceptors (Lipinski definition) is 6. The van der Waals surface area contributed by atoms with Gasteiger partial charge in [0.15, 0.2) is 20.2 Å². The van der Waals surface area contributed by atoms with Crippen molar-refractivity contribution in [1.82, 2.24) is 0 Å². The van der Waals surface area contributed by atoms with Gasteiger partial charge in [-0.1, -0.05) is 111 Å². The lowest BCUT2D eigenvalue weighted by Gasteiger charge is -2.37. The van der Waals surface area contributed by atoms with Crippen LogP contribution in [0.1, 0.15) is 65.3 Å². The van der Waals surface area contributed by atoms with Gasteiger partial charge in [-0.15, -0.1) is 0 Å². The average molecular weight is 776 g/mol. The fourth-order valence-corrected chi connectivity index (χ4v) is 9.04. The molecular weight excluding hydrogens is 727 g/mol. The van der Waals surface area contributed by atoms with Crippen LogP contribution in [0.5, 0.6) is 17.2 Å². The van der Waals surface area contributed by atoms with Crippen LogP contribution < -0.4 is 28.9 Å². The van der Waals surface area contributed by atoms with E-state index < -0.39 is 5.41 Å². The van der Waals surface area contributed by atoms with E-state index in [9.17, 15) is 0 Å². The highest BCUT2D eigenvalue weighted by molar-refractivity contribution is 5.59. The van der Waals surface area contributed by atoms with Crippen LogP contribution in [0.2, 0.25) is 0 Å². The molecule has 0 N–H and O–H groups in total. The van der Waals surface area contributed by atoms with E-state index in [0.717, 1.165) is 48.3 Å². The van der Waals surface area contributed by atoms with Gasteiger partial charge in [-0.3, -0.25) is 0 Å². The molecule has 0 fully saturated rings. The van der Waals surface area contributed by atoms with E-state index in [1.807, 2.05) is 0 Å². The van der Waals surface area contributed by atoms with Crippen molar-refractivity contribution >= 4 is 17.1 Å². The third kappa shape index (κ3) is 6.82. The lowest BCUT2D eigenvalue weighted by atomic mass is 9.69. The standard InChI is InChI=1S/C53H49N3O3/c1-52(2,43-23-26-49-38(29-43)32-54(35-57-49)46-13-7-4-8-14-46)41-19-21-42(22-20-41)53(3,44-24-27-50-39(30-44)33-55(36-58-50)47-15-9-5-10-16-47)45-25-28-51-40(31-45)34-56(37-59-51)48-17-11-6-12-18-48/h4-31H,32-37H2,1-3H3. The first-order valence-electron chi connectivity index (χ1n) is 20.6. The Balaban J connectivity index is 1.01. The summed E-state index contributed by atoms with van der Waals surface area (Å²) in [4.78, 5) is 6.87. The van der Waals surface area contributed by atoms with Crippen LogP contribution in [0.4, 0.5) is 17.1 Å². The lowest BCUT2D eigenvalue weighted by molar-refractivity contribution is 0.289. The van der Waals surface area contributed by atoms with Crippen molar-refractivity contribution in [3.8, 4) is 17.2 Å². The Kier molecular flexibility index (Phi) is 9.28. The Labute approximate surface area is 347 Å². The summed E-state index contributed by atoms with van der Waals surface area (Å²) in [5, 5.41) is 0. The van der Waals surface area contributed by atoms with Crippen molar-refractivity contribution in [3.63, 3.8) is 0 Å². The summed E-state index contributed by atoms with van der Waals surface area (Å²) < 4.78 is 18.9. The molecule has 0 saturated heterocycles. The summed E-state index contributed by atoms with van der Waals surface area (Å²) in [6.07, 6.45) is 0. The molecule has 3 aliphatic heterocycles. The van der Waals surface area contributed by atoms with E-state index in [1.54, 1.807) is 0 Å². The van der Waals surface area contributed by atoms with E-state index >= 15 is 0 Å². The molecule has 6 heteroatoms. The molecular formula is C53H49N3O3. The SMILES string of the molecule is CC(C)(c1ccc(C(C)(c2ccc3c(c2)CN(c2ccccc2)CO3)c2ccc3c(c2)CN(c2ccccc2)CO3)cc1)c1ccc2c(c1)CN(c1ccccc1)CO2. The van der Waals surface area contributed by atoms with Crippen LogP contribution in [0, 0.1) is 0 Å². The van der Waals surface area contributed by atoms with Crippen molar-refractivity contribution in [2.24, 2.45) is 0 Å². The summed E-state index contributed by atoms with van der Waals surface area (Å²) in [7, 11) is 0. The van der Waals surface area contributed by atoms with Gasteiger partial charge in [0, 0.05) is 64.2 Å². The molecule has 0 amide bonds. The third-order valence-corrected chi connectivity index (χ3v) is 12.8. The summed E-state index contributed by atoms with van der Waals surface area (Å²) in [6.45, 7) is 11.0. The van der Waals surface area contributed by atoms with Gasteiger partial charge >= 0.3 is 0 Å². The quantitative estimate of drug-likeness (QED) is 0.143. The van der Waals surface area contributed by atoms with Crippen LogP contribution in [0.15, 0.2) is 170 Å². The first-order chi connectivity index (χ1) is 28.8. The predicted molar refractivity (Wildman–Crippen MR) is 238 cm³/mol. The zero-order chi connectivity index (χ0) is 40.0. The molecule has 7 aromatic carbocycles. The molecule has 0 aromatic heterocycles. The van der Waals surface area contributed by atoms with Gasteiger partial charge in [0.25, 0.3) is 0 Å². The average Bonchev–Trinajstić information content (AvgIpc) is 3.31. The summed E-state index contributed by atoms with van der Waals surface area (Å²) in [5.41, 5.74) is 12.5. The normalized spacial score (nSPS) is 14.9. The van der Waals surface area contributed by atoms with Crippen LogP contribution in [-0.4, -0.2) is 20.2 Å². The highest BCUT2D eigenvalue weighted by atomic mass is 16.5. The topological polar surface area (TPSA) is 37.4 Å². The van der Waals surface area contributed by atoms with Crippen molar-refractivity contribution in [2.45, 2.75) is 51.2 Å². The fraction of sp³-hybridized carbons (Fsp3) is 0.208. The van der Waals surface area contributed by atoms with Crippen LogP contribution in [-0.2, 0) is 30.5 Å². The van der Waals surface area contributed by atoms with E-state index in [2.05, 4.69) is 205 Å². The number of ether oxygens (including phenoxy) is 3. The zero-order valence-corrected chi connectivity index (χ0v) is 34.0. The molecule has 3 aliphatic rings. The number of para-hydroxylation sites is 3. The molecule has 59 heavy (non-hydrogen) atoms. The second kappa shape index (κ2) is 14.9. The smallest absolute Gasteiger partial charge is 0.161 e. The van der Waals surface area contributed by atoms with Gasteiger partial charge in [0.2, 0.25) is 0 Å². The minimum Gasteiger partial charge on any atom is -0.473 e. The van der Waals surface area contributed by atoms with Gasteiger partial charge in [-0.05, 0) is 108 Å². The van der Waals surface area contributed by atoms with Gasteiger partial charge in [0.1, 0.15) is 17.2 Å². The molecule has 0 saturated carbocycles. The summed E-state index contributed by atoms with van der Waals surface area (Å²) in [5.74, 6) is 2.85. The Morgan fingerprint density at radius 2 is 0.678 bits per heavy atom. The highest BCUT2D eigenvalue weighted by Gasteiger charge is 2.35. The predicted octanol–water partition coefficient (Wildman–Crippen LogP) is 11.4. The molecule has 0 spiro atoms. The first kappa shape index (κ1) is 36.7. The number of rotatable bonds is 8. The lowest BCUT2D eigenvalue weighted by Crippen LogP contribution is -2.33. The fourth-order valence-electron chi connectivity index (χ4n) is 9.04. The molecule has 3 heterocycles. The second-order valence-corrected chi connectivity index (χ2v) is 16.7. The highest BCUT2D eigenvalue weighted by Crippen LogP contribution is 2.45. The van der Waals surface area contributed by atoms with Gasteiger partial charge in [0.05, 0.1) is 0 Å². The molecule has 0 atom stereocenters. The molecule has 10 rings (SSSR count). The number of fused-ring (bicyclic) bond motifs is 3. The number of hydrogen-bond donors (Lipinski definition) is 0. The third-order valence-electron chi connectivity index (χ3n) is 12.8. The summed E-state index contributed by atoms with van der Waals surface area (Å²) in [6, 6.07) is 61.2. The van der Waals surface area contributed by atoms with E-state index in [4.69, 9.17) is 14.2 Å². The van der Waals surface area contributed by atoms with Crippen molar-refractivity contribution in [2.75, 3.05) is 34.9 Å². The van der Waals surface area contributed by atoms with Crippen molar-refractivity contribution in [1.29, 1.82) is 0 Å². The maximum atomic E-state index is 6.35. The number of nitrogens with zero attached hydrogens (tertiary/aromatic N) is 3. The van der Waals surface area contributed by atoms with Gasteiger partial charge in [-0.25, -0.2) is 0 Å². The van der Waals surface area contributed by atoms with E-state index in [0.29, 0.717) is 20.2 Å². The Morgan fingerprint density at radius 1 is 0.356 bits per heavy atom. The minimum atomic E-state index is -0.485.